The minimum absolute atomic E-state index is 0.209. The van der Waals surface area contributed by atoms with E-state index in [1.165, 1.54) is 11.8 Å². The van der Waals surface area contributed by atoms with Gasteiger partial charge in [-0.15, -0.1) is 0 Å². The number of hydrogen-bond donors (Lipinski definition) is 1. The lowest BCUT2D eigenvalue weighted by Gasteiger charge is -2.15. The van der Waals surface area contributed by atoms with Crippen molar-refractivity contribution in [2.75, 3.05) is 37.9 Å². The van der Waals surface area contributed by atoms with E-state index in [0.29, 0.717) is 6.54 Å². The Labute approximate surface area is 103 Å². The third-order valence-electron chi connectivity index (χ3n) is 2.58. The molecule has 0 saturated heterocycles. The second kappa shape index (κ2) is 6.02. The molecule has 5 heteroatoms. The first-order valence-corrected chi connectivity index (χ1v) is 7.63. The first-order valence-electron chi connectivity index (χ1n) is 5.57. The molecule has 1 aromatic rings. The van der Waals surface area contributed by atoms with Crippen LogP contribution in [-0.2, 0) is 16.3 Å². The molecule has 96 valence electrons. The van der Waals surface area contributed by atoms with Gasteiger partial charge in [0.2, 0.25) is 0 Å². The van der Waals surface area contributed by atoms with E-state index in [4.69, 9.17) is 5.73 Å². The second-order valence-electron chi connectivity index (χ2n) is 4.43. The normalized spacial score (nSPS) is 11.9. The van der Waals surface area contributed by atoms with Crippen LogP contribution >= 0.6 is 0 Å². The average molecular weight is 256 g/mol. The fourth-order valence-electron chi connectivity index (χ4n) is 1.50. The molecule has 2 N–H and O–H groups in total. The number of nitrogens with two attached hydrogens (primary N) is 1. The van der Waals surface area contributed by atoms with Gasteiger partial charge in [0, 0.05) is 25.0 Å². The molecule has 1 aromatic carbocycles. The van der Waals surface area contributed by atoms with Gasteiger partial charge >= 0.3 is 0 Å². The number of likely N-dealkylation sites (N-methyl/N-ethyl adjacent to an activating group) is 1. The predicted octanol–water partition coefficient (Wildman–Crippen LogP) is 0.788. The van der Waals surface area contributed by atoms with Crippen molar-refractivity contribution in [1.29, 1.82) is 0 Å². The van der Waals surface area contributed by atoms with E-state index in [0.717, 1.165) is 18.7 Å². The van der Waals surface area contributed by atoms with Crippen LogP contribution in [0.1, 0.15) is 5.56 Å². The summed E-state index contributed by atoms with van der Waals surface area (Å²) in [5.74, 6) is 0.209. The van der Waals surface area contributed by atoms with Crippen molar-refractivity contribution in [2.45, 2.75) is 6.42 Å². The Balaban J connectivity index is 2.36. The van der Waals surface area contributed by atoms with Crippen molar-refractivity contribution in [3.05, 3.63) is 29.8 Å². The standard InChI is InChI=1S/C12H20N2O2S/c1-14(8-9-17(2,15)16)7-6-11-4-3-5-12(13)10-11/h3-5,10H,6-9,13H2,1-2H3. The second-order valence-corrected chi connectivity index (χ2v) is 6.69. The Hall–Kier alpha value is -1.07. The zero-order chi connectivity index (χ0) is 12.9. The van der Waals surface area contributed by atoms with Crippen LogP contribution in [0.25, 0.3) is 0 Å². The van der Waals surface area contributed by atoms with Crippen LogP contribution in [0.5, 0.6) is 0 Å². The van der Waals surface area contributed by atoms with Gasteiger partial charge in [-0.3, -0.25) is 0 Å². The summed E-state index contributed by atoms with van der Waals surface area (Å²) < 4.78 is 22.0. The number of rotatable bonds is 6. The number of nitrogen functional groups attached to an aromatic ring is 1. The summed E-state index contributed by atoms with van der Waals surface area (Å²) in [6, 6.07) is 7.77. The largest absolute Gasteiger partial charge is 0.399 e. The van der Waals surface area contributed by atoms with Crippen molar-refractivity contribution < 1.29 is 8.42 Å². The number of benzene rings is 1. The summed E-state index contributed by atoms with van der Waals surface area (Å²) in [6.07, 6.45) is 2.14. The summed E-state index contributed by atoms with van der Waals surface area (Å²) in [4.78, 5) is 2.02. The van der Waals surface area contributed by atoms with Crippen LogP contribution in [0.4, 0.5) is 5.69 Å². The van der Waals surface area contributed by atoms with Crippen LogP contribution in [0.3, 0.4) is 0 Å². The van der Waals surface area contributed by atoms with Crippen LogP contribution in [0, 0.1) is 0 Å². The van der Waals surface area contributed by atoms with E-state index >= 15 is 0 Å². The fourth-order valence-corrected chi connectivity index (χ4v) is 2.15. The molecular weight excluding hydrogens is 236 g/mol. The Morgan fingerprint density at radius 2 is 2.00 bits per heavy atom. The molecule has 4 nitrogen and oxygen atoms in total. The molecule has 0 spiro atoms. The topological polar surface area (TPSA) is 63.4 Å². The average Bonchev–Trinajstić information content (AvgIpc) is 2.23. The van der Waals surface area contributed by atoms with Gasteiger partial charge in [0.25, 0.3) is 0 Å². The zero-order valence-electron chi connectivity index (χ0n) is 10.4. The lowest BCUT2D eigenvalue weighted by Crippen LogP contribution is -2.27. The summed E-state index contributed by atoms with van der Waals surface area (Å²) in [6.45, 7) is 1.40. The van der Waals surface area contributed by atoms with Gasteiger partial charge in [0.05, 0.1) is 5.75 Å². The summed E-state index contributed by atoms with van der Waals surface area (Å²) in [5, 5.41) is 0. The Bertz CT molecular complexity index is 457. The molecule has 0 heterocycles. The van der Waals surface area contributed by atoms with E-state index in [2.05, 4.69) is 0 Å². The van der Waals surface area contributed by atoms with Crippen LogP contribution < -0.4 is 5.73 Å². The van der Waals surface area contributed by atoms with E-state index in [-0.39, 0.29) is 5.75 Å². The molecule has 0 aliphatic rings. The monoisotopic (exact) mass is 256 g/mol. The lowest BCUT2D eigenvalue weighted by atomic mass is 10.1. The van der Waals surface area contributed by atoms with Crippen molar-refractivity contribution in [1.82, 2.24) is 4.90 Å². The lowest BCUT2D eigenvalue weighted by molar-refractivity contribution is 0.358. The molecular formula is C12H20N2O2S. The van der Waals surface area contributed by atoms with Gasteiger partial charge in [0.15, 0.2) is 0 Å². The maximum absolute atomic E-state index is 11.0. The highest BCUT2D eigenvalue weighted by Crippen LogP contribution is 2.07. The van der Waals surface area contributed by atoms with E-state index in [9.17, 15) is 8.42 Å². The number of anilines is 1. The fraction of sp³-hybridized carbons (Fsp3) is 0.500. The number of nitrogens with zero attached hydrogens (tertiary/aromatic N) is 1. The Morgan fingerprint density at radius 1 is 1.29 bits per heavy atom. The minimum atomic E-state index is -2.87. The molecule has 0 aromatic heterocycles. The van der Waals surface area contributed by atoms with Crippen molar-refractivity contribution in [3.63, 3.8) is 0 Å². The molecule has 1 rings (SSSR count). The van der Waals surface area contributed by atoms with Gasteiger partial charge < -0.3 is 10.6 Å². The Morgan fingerprint density at radius 3 is 2.59 bits per heavy atom. The highest BCUT2D eigenvalue weighted by atomic mass is 32.2. The van der Waals surface area contributed by atoms with Gasteiger partial charge in [-0.25, -0.2) is 8.42 Å². The Kier molecular flexibility index (Phi) is 4.96. The molecule has 17 heavy (non-hydrogen) atoms. The quantitative estimate of drug-likeness (QED) is 0.764. The number of sulfone groups is 1. The van der Waals surface area contributed by atoms with Crippen LogP contribution in [0.15, 0.2) is 24.3 Å². The molecule has 0 amide bonds. The zero-order valence-corrected chi connectivity index (χ0v) is 11.2. The van der Waals surface area contributed by atoms with Crippen molar-refractivity contribution >= 4 is 15.5 Å². The summed E-state index contributed by atoms with van der Waals surface area (Å²) in [5.41, 5.74) is 7.63. The molecule has 0 aliphatic heterocycles. The van der Waals surface area contributed by atoms with Crippen molar-refractivity contribution in [3.8, 4) is 0 Å². The molecule has 0 aliphatic carbocycles. The third-order valence-corrected chi connectivity index (χ3v) is 3.50. The maximum atomic E-state index is 11.0. The molecule has 0 atom stereocenters. The number of hydrogen-bond acceptors (Lipinski definition) is 4. The third kappa shape index (κ3) is 6.28. The van der Waals surface area contributed by atoms with Gasteiger partial charge in [-0.05, 0) is 31.2 Å². The summed E-state index contributed by atoms with van der Waals surface area (Å²) >= 11 is 0. The molecule has 0 radical (unpaired) electrons. The molecule has 0 fully saturated rings. The highest BCUT2D eigenvalue weighted by molar-refractivity contribution is 7.90. The smallest absolute Gasteiger partial charge is 0.148 e. The van der Waals surface area contributed by atoms with Gasteiger partial charge in [-0.1, -0.05) is 12.1 Å². The predicted molar refractivity (Wildman–Crippen MR) is 71.8 cm³/mol. The van der Waals surface area contributed by atoms with E-state index < -0.39 is 9.84 Å². The first kappa shape index (κ1) is 14.0. The highest BCUT2D eigenvalue weighted by Gasteiger charge is 2.05. The molecule has 0 bridgehead atoms. The first-order chi connectivity index (χ1) is 7.87. The van der Waals surface area contributed by atoms with Crippen LogP contribution in [0.2, 0.25) is 0 Å². The van der Waals surface area contributed by atoms with E-state index in [1.54, 1.807) is 0 Å². The molecule has 0 unspecified atom stereocenters. The maximum Gasteiger partial charge on any atom is 0.148 e. The van der Waals surface area contributed by atoms with Gasteiger partial charge in [0.1, 0.15) is 9.84 Å². The minimum Gasteiger partial charge on any atom is -0.399 e. The van der Waals surface area contributed by atoms with Gasteiger partial charge in [-0.2, -0.15) is 0 Å². The SMILES string of the molecule is CN(CCc1cccc(N)c1)CCS(C)(=O)=O. The van der Waals surface area contributed by atoms with E-state index in [1.807, 2.05) is 36.2 Å². The molecule has 0 saturated carbocycles. The van der Waals surface area contributed by atoms with Crippen LogP contribution in [-0.4, -0.2) is 45.5 Å². The van der Waals surface area contributed by atoms with Crippen molar-refractivity contribution in [2.24, 2.45) is 0 Å². The summed E-state index contributed by atoms with van der Waals surface area (Å²) in [7, 11) is -0.942.